The summed E-state index contributed by atoms with van der Waals surface area (Å²) in [5, 5.41) is 2.93. The summed E-state index contributed by atoms with van der Waals surface area (Å²) < 4.78 is 16.8. The molecule has 3 rings (SSSR count). The molecule has 1 atom stereocenters. The van der Waals surface area contributed by atoms with Crippen molar-refractivity contribution in [1.29, 1.82) is 0 Å². The van der Waals surface area contributed by atoms with Crippen LogP contribution in [0.25, 0.3) is 17.2 Å². The molecule has 0 fully saturated rings. The monoisotopic (exact) mass is 380 g/mol. The highest BCUT2D eigenvalue weighted by molar-refractivity contribution is 5.91. The number of ether oxygens (including phenoxy) is 2. The number of para-hydroxylation sites is 2. The van der Waals surface area contributed by atoms with Crippen molar-refractivity contribution in [3.8, 4) is 11.5 Å². The van der Waals surface area contributed by atoms with E-state index in [-0.39, 0.29) is 11.9 Å². The molecule has 1 heterocycles. The van der Waals surface area contributed by atoms with E-state index in [2.05, 4.69) is 10.3 Å². The van der Waals surface area contributed by atoms with Crippen LogP contribution in [0.3, 0.4) is 0 Å². The highest BCUT2D eigenvalue weighted by Crippen LogP contribution is 2.30. The molecular weight excluding hydrogens is 356 g/mol. The molecule has 28 heavy (non-hydrogen) atoms. The standard InChI is InChI=1S/C22H24N2O4/c1-4-26-19-11-10-16(14-20(19)27-5-2)15(3)23-21(25)12-13-22-24-17-8-6-7-9-18(17)28-22/h6-15H,4-5H2,1-3H3,(H,23,25)/b13-12+. The number of rotatable bonds is 8. The number of amides is 1. The van der Waals surface area contributed by atoms with Crippen molar-refractivity contribution >= 4 is 23.1 Å². The van der Waals surface area contributed by atoms with Gasteiger partial charge in [0.2, 0.25) is 11.8 Å². The van der Waals surface area contributed by atoms with Crippen LogP contribution in [0.4, 0.5) is 0 Å². The van der Waals surface area contributed by atoms with E-state index in [1.165, 1.54) is 6.08 Å². The van der Waals surface area contributed by atoms with Crippen LogP contribution in [0.5, 0.6) is 11.5 Å². The van der Waals surface area contributed by atoms with Crippen LogP contribution >= 0.6 is 0 Å². The minimum absolute atomic E-state index is 0.198. The Morgan fingerprint density at radius 3 is 2.64 bits per heavy atom. The zero-order valence-corrected chi connectivity index (χ0v) is 16.3. The first kappa shape index (κ1) is 19.5. The smallest absolute Gasteiger partial charge is 0.244 e. The molecule has 1 amide bonds. The fourth-order valence-electron chi connectivity index (χ4n) is 2.79. The molecule has 0 aliphatic heterocycles. The Balaban J connectivity index is 1.66. The summed E-state index contributed by atoms with van der Waals surface area (Å²) in [7, 11) is 0. The van der Waals surface area contributed by atoms with Gasteiger partial charge in [0.05, 0.1) is 19.3 Å². The average Bonchev–Trinajstić information content (AvgIpc) is 3.11. The third-order valence-electron chi connectivity index (χ3n) is 4.11. The number of carbonyl (C=O) groups excluding carboxylic acids is 1. The van der Waals surface area contributed by atoms with E-state index < -0.39 is 0 Å². The third kappa shape index (κ3) is 4.71. The molecule has 0 bridgehead atoms. The molecule has 1 aromatic heterocycles. The Hall–Kier alpha value is -3.28. The van der Waals surface area contributed by atoms with Gasteiger partial charge in [-0.3, -0.25) is 4.79 Å². The molecule has 1 unspecified atom stereocenters. The van der Waals surface area contributed by atoms with E-state index in [9.17, 15) is 4.79 Å². The summed E-state index contributed by atoms with van der Waals surface area (Å²) in [5.41, 5.74) is 2.37. The SMILES string of the molecule is CCOc1ccc(C(C)NC(=O)/C=C/c2nc3ccccc3o2)cc1OCC. The van der Waals surface area contributed by atoms with Gasteiger partial charge < -0.3 is 19.2 Å². The molecule has 1 N–H and O–H groups in total. The zero-order valence-electron chi connectivity index (χ0n) is 16.3. The normalized spacial score (nSPS) is 12.2. The van der Waals surface area contributed by atoms with Crippen molar-refractivity contribution in [2.75, 3.05) is 13.2 Å². The van der Waals surface area contributed by atoms with Crippen LogP contribution < -0.4 is 14.8 Å². The van der Waals surface area contributed by atoms with Crippen LogP contribution in [-0.4, -0.2) is 24.1 Å². The first-order valence-electron chi connectivity index (χ1n) is 9.34. The van der Waals surface area contributed by atoms with Crippen molar-refractivity contribution < 1.29 is 18.7 Å². The highest BCUT2D eigenvalue weighted by Gasteiger charge is 2.12. The number of hydrogen-bond acceptors (Lipinski definition) is 5. The fourth-order valence-corrected chi connectivity index (χ4v) is 2.79. The van der Waals surface area contributed by atoms with Gasteiger partial charge in [-0.25, -0.2) is 4.98 Å². The van der Waals surface area contributed by atoms with Gasteiger partial charge in [0.25, 0.3) is 0 Å². The number of aromatic nitrogens is 1. The number of benzene rings is 2. The number of fused-ring (bicyclic) bond motifs is 1. The van der Waals surface area contributed by atoms with Crippen LogP contribution in [-0.2, 0) is 4.79 Å². The number of nitrogens with one attached hydrogen (secondary N) is 1. The van der Waals surface area contributed by atoms with Gasteiger partial charge in [0.1, 0.15) is 5.52 Å². The van der Waals surface area contributed by atoms with Gasteiger partial charge in [0.15, 0.2) is 17.1 Å². The van der Waals surface area contributed by atoms with Crippen molar-refractivity contribution in [2.45, 2.75) is 26.8 Å². The van der Waals surface area contributed by atoms with E-state index in [0.717, 1.165) is 11.1 Å². The number of oxazole rings is 1. The summed E-state index contributed by atoms with van der Waals surface area (Å²) in [6.07, 6.45) is 2.98. The molecule has 3 aromatic rings. The minimum atomic E-state index is -0.235. The van der Waals surface area contributed by atoms with E-state index >= 15 is 0 Å². The third-order valence-corrected chi connectivity index (χ3v) is 4.11. The molecule has 0 aliphatic carbocycles. The summed E-state index contributed by atoms with van der Waals surface area (Å²) in [4.78, 5) is 16.6. The molecule has 6 nitrogen and oxygen atoms in total. The summed E-state index contributed by atoms with van der Waals surface area (Å²) in [5.74, 6) is 1.53. The molecule has 0 aliphatic rings. The Bertz CT molecular complexity index is 945. The lowest BCUT2D eigenvalue weighted by Crippen LogP contribution is -2.24. The van der Waals surface area contributed by atoms with E-state index in [4.69, 9.17) is 13.9 Å². The highest BCUT2D eigenvalue weighted by atomic mass is 16.5. The van der Waals surface area contributed by atoms with Crippen LogP contribution in [0.1, 0.15) is 38.3 Å². The maximum Gasteiger partial charge on any atom is 0.244 e. The molecular formula is C22H24N2O4. The van der Waals surface area contributed by atoms with E-state index in [1.54, 1.807) is 6.08 Å². The molecule has 146 valence electrons. The quantitative estimate of drug-likeness (QED) is 0.582. The predicted molar refractivity (Wildman–Crippen MR) is 108 cm³/mol. The van der Waals surface area contributed by atoms with Gasteiger partial charge in [0, 0.05) is 12.2 Å². The second-order valence-electron chi connectivity index (χ2n) is 6.16. The lowest BCUT2D eigenvalue weighted by molar-refractivity contribution is -0.117. The van der Waals surface area contributed by atoms with Gasteiger partial charge in [-0.15, -0.1) is 0 Å². The first-order valence-corrected chi connectivity index (χ1v) is 9.34. The molecule has 0 spiro atoms. The summed E-state index contributed by atoms with van der Waals surface area (Å²) >= 11 is 0. The minimum Gasteiger partial charge on any atom is -0.490 e. The number of nitrogens with zero attached hydrogens (tertiary/aromatic N) is 1. The van der Waals surface area contributed by atoms with Gasteiger partial charge in [-0.1, -0.05) is 18.2 Å². The molecule has 6 heteroatoms. The lowest BCUT2D eigenvalue weighted by atomic mass is 10.1. The van der Waals surface area contributed by atoms with Crippen LogP contribution in [0, 0.1) is 0 Å². The number of hydrogen-bond donors (Lipinski definition) is 1. The topological polar surface area (TPSA) is 73.6 Å². The second kappa shape index (κ2) is 9.08. The Kier molecular flexibility index (Phi) is 6.32. The average molecular weight is 380 g/mol. The Morgan fingerprint density at radius 2 is 1.89 bits per heavy atom. The van der Waals surface area contributed by atoms with Crippen molar-refractivity contribution in [1.82, 2.24) is 10.3 Å². The second-order valence-corrected chi connectivity index (χ2v) is 6.16. The van der Waals surface area contributed by atoms with Gasteiger partial charge >= 0.3 is 0 Å². The Labute approximate surface area is 164 Å². The van der Waals surface area contributed by atoms with Gasteiger partial charge in [-0.2, -0.15) is 0 Å². The van der Waals surface area contributed by atoms with Crippen molar-refractivity contribution in [2.24, 2.45) is 0 Å². The van der Waals surface area contributed by atoms with Crippen molar-refractivity contribution in [3.05, 3.63) is 60.0 Å². The van der Waals surface area contributed by atoms with E-state index in [1.807, 2.05) is 63.2 Å². The largest absolute Gasteiger partial charge is 0.490 e. The summed E-state index contributed by atoms with van der Waals surface area (Å²) in [6, 6.07) is 12.9. The maximum atomic E-state index is 12.3. The van der Waals surface area contributed by atoms with Crippen molar-refractivity contribution in [3.63, 3.8) is 0 Å². The maximum absolute atomic E-state index is 12.3. The van der Waals surface area contributed by atoms with Crippen LogP contribution in [0.15, 0.2) is 53.0 Å². The Morgan fingerprint density at radius 1 is 1.14 bits per heavy atom. The predicted octanol–water partition coefficient (Wildman–Crippen LogP) is 4.52. The number of carbonyl (C=O) groups is 1. The summed E-state index contributed by atoms with van der Waals surface area (Å²) in [6.45, 7) is 6.86. The zero-order chi connectivity index (χ0) is 19.9. The van der Waals surface area contributed by atoms with Gasteiger partial charge in [-0.05, 0) is 50.6 Å². The van der Waals surface area contributed by atoms with E-state index in [0.29, 0.717) is 36.2 Å². The fraction of sp³-hybridized carbons (Fsp3) is 0.273. The molecule has 0 radical (unpaired) electrons. The molecule has 2 aromatic carbocycles. The van der Waals surface area contributed by atoms with Crippen LogP contribution in [0.2, 0.25) is 0 Å². The lowest BCUT2D eigenvalue weighted by Gasteiger charge is -2.16. The molecule has 0 saturated carbocycles. The molecule has 0 saturated heterocycles. The first-order chi connectivity index (χ1) is 13.6.